The lowest BCUT2D eigenvalue weighted by molar-refractivity contribution is -0.167. The van der Waals surface area contributed by atoms with Crippen molar-refractivity contribution < 1.29 is 28.6 Å². The van der Waals surface area contributed by atoms with Gasteiger partial charge in [-0.15, -0.1) is 0 Å². The summed E-state index contributed by atoms with van der Waals surface area (Å²) in [6.45, 7) is 6.47. The van der Waals surface area contributed by atoms with Crippen molar-refractivity contribution in [3.05, 3.63) is 72.9 Å². The maximum absolute atomic E-state index is 12.8. The highest BCUT2D eigenvalue weighted by molar-refractivity contribution is 5.71. The van der Waals surface area contributed by atoms with Crippen molar-refractivity contribution in [3.8, 4) is 0 Å². The summed E-state index contributed by atoms with van der Waals surface area (Å²) in [5.41, 5.74) is 0. The monoisotopic (exact) mass is 907 g/mol. The second-order valence-electron chi connectivity index (χ2n) is 18.1. The van der Waals surface area contributed by atoms with Crippen LogP contribution in [0, 0.1) is 0 Å². The van der Waals surface area contributed by atoms with E-state index in [-0.39, 0.29) is 31.1 Å². The van der Waals surface area contributed by atoms with Gasteiger partial charge in [0.05, 0.1) is 0 Å². The number of allylic oxidation sites excluding steroid dienone is 12. The lowest BCUT2D eigenvalue weighted by Crippen LogP contribution is -2.30. The highest BCUT2D eigenvalue weighted by Crippen LogP contribution is 2.14. The molecule has 65 heavy (non-hydrogen) atoms. The number of carbonyl (C=O) groups excluding carboxylic acids is 3. The van der Waals surface area contributed by atoms with Gasteiger partial charge in [0.2, 0.25) is 0 Å². The molecule has 6 heteroatoms. The van der Waals surface area contributed by atoms with Gasteiger partial charge in [-0.05, 0) is 103 Å². The Morgan fingerprint density at radius 1 is 0.323 bits per heavy atom. The van der Waals surface area contributed by atoms with E-state index in [9.17, 15) is 14.4 Å². The van der Waals surface area contributed by atoms with Crippen LogP contribution in [-0.4, -0.2) is 37.2 Å². The van der Waals surface area contributed by atoms with Crippen LogP contribution < -0.4 is 0 Å². The summed E-state index contributed by atoms with van der Waals surface area (Å²) in [6.07, 6.45) is 67.4. The molecule has 1 unspecified atom stereocenters. The molecule has 0 rings (SSSR count). The van der Waals surface area contributed by atoms with E-state index in [0.717, 1.165) is 96.3 Å². The Labute approximate surface area is 402 Å². The van der Waals surface area contributed by atoms with Crippen LogP contribution in [-0.2, 0) is 28.6 Å². The van der Waals surface area contributed by atoms with E-state index in [1.165, 1.54) is 128 Å². The summed E-state index contributed by atoms with van der Waals surface area (Å²) in [4.78, 5) is 38.0. The molecule has 1 atom stereocenters. The third-order valence-corrected chi connectivity index (χ3v) is 11.7. The molecular formula is C59H102O6. The molecule has 0 aromatic heterocycles. The van der Waals surface area contributed by atoms with E-state index in [4.69, 9.17) is 14.2 Å². The molecule has 0 aromatic rings. The fourth-order valence-corrected chi connectivity index (χ4v) is 7.53. The van der Waals surface area contributed by atoms with Crippen molar-refractivity contribution in [2.45, 2.75) is 271 Å². The first-order valence-corrected chi connectivity index (χ1v) is 27.4. The number of hydrogen-bond donors (Lipinski definition) is 0. The predicted molar refractivity (Wildman–Crippen MR) is 279 cm³/mol. The Kier molecular flexibility index (Phi) is 50.9. The molecule has 0 spiro atoms. The minimum Gasteiger partial charge on any atom is -0.462 e. The summed E-state index contributed by atoms with van der Waals surface area (Å²) < 4.78 is 16.8. The molecular weight excluding hydrogens is 805 g/mol. The number of ether oxygens (including phenoxy) is 3. The first kappa shape index (κ1) is 61.9. The van der Waals surface area contributed by atoms with E-state index >= 15 is 0 Å². The standard InChI is InChI=1S/C59H102O6/c1-4-7-10-13-16-19-22-24-26-28-29-31-32-34-37-40-43-46-49-52-58(61)64-55-56(54-63-57(60)51-48-45-42-39-36-21-18-15-12-9-6-3)65-59(62)53-50-47-44-41-38-35-33-30-27-25-23-20-17-14-11-8-5-2/h7,10,15-16,18-19,24-27,29,31,56H,4-6,8-9,11-14,17,20-23,28,30,32-55H2,1-3H3/b10-7-,18-15-,19-16-,26-24-,27-25-,31-29-. The van der Waals surface area contributed by atoms with Crippen LogP contribution in [0.25, 0.3) is 0 Å². The molecule has 0 bridgehead atoms. The number of carbonyl (C=O) groups is 3. The van der Waals surface area contributed by atoms with Crippen LogP contribution >= 0.6 is 0 Å². The van der Waals surface area contributed by atoms with Crippen molar-refractivity contribution in [1.29, 1.82) is 0 Å². The molecule has 0 fully saturated rings. The molecule has 6 nitrogen and oxygen atoms in total. The molecule has 0 aliphatic rings. The first-order valence-electron chi connectivity index (χ1n) is 27.4. The van der Waals surface area contributed by atoms with Gasteiger partial charge in [0.25, 0.3) is 0 Å². The molecule has 0 radical (unpaired) electrons. The Bertz CT molecular complexity index is 1230. The van der Waals surface area contributed by atoms with Crippen LogP contribution in [0.15, 0.2) is 72.9 Å². The molecule has 0 aromatic carbocycles. The maximum Gasteiger partial charge on any atom is 0.306 e. The highest BCUT2D eigenvalue weighted by Gasteiger charge is 2.19. The van der Waals surface area contributed by atoms with Gasteiger partial charge in [0.15, 0.2) is 6.10 Å². The van der Waals surface area contributed by atoms with Gasteiger partial charge >= 0.3 is 17.9 Å². The molecule has 0 amide bonds. The average molecular weight is 907 g/mol. The summed E-state index contributed by atoms with van der Waals surface area (Å²) in [5, 5.41) is 0. The predicted octanol–water partition coefficient (Wildman–Crippen LogP) is 18.2. The fourth-order valence-electron chi connectivity index (χ4n) is 7.53. The van der Waals surface area contributed by atoms with Gasteiger partial charge in [0.1, 0.15) is 13.2 Å². The topological polar surface area (TPSA) is 78.9 Å². The van der Waals surface area contributed by atoms with Crippen LogP contribution in [0.3, 0.4) is 0 Å². The van der Waals surface area contributed by atoms with E-state index < -0.39 is 6.10 Å². The molecule has 0 aliphatic carbocycles. The van der Waals surface area contributed by atoms with Crippen LogP contribution in [0.2, 0.25) is 0 Å². The van der Waals surface area contributed by atoms with Gasteiger partial charge in [-0.25, -0.2) is 0 Å². The third-order valence-electron chi connectivity index (χ3n) is 11.7. The second kappa shape index (κ2) is 53.5. The fraction of sp³-hybridized carbons (Fsp3) is 0.746. The lowest BCUT2D eigenvalue weighted by Gasteiger charge is -2.18. The highest BCUT2D eigenvalue weighted by atomic mass is 16.6. The van der Waals surface area contributed by atoms with Crippen LogP contribution in [0.5, 0.6) is 0 Å². The van der Waals surface area contributed by atoms with Crippen molar-refractivity contribution in [2.24, 2.45) is 0 Å². The Morgan fingerprint density at radius 2 is 0.615 bits per heavy atom. The molecule has 0 saturated heterocycles. The van der Waals surface area contributed by atoms with Gasteiger partial charge in [0, 0.05) is 19.3 Å². The normalized spacial score (nSPS) is 12.6. The lowest BCUT2D eigenvalue weighted by atomic mass is 10.1. The number of hydrogen-bond acceptors (Lipinski definition) is 6. The number of unbranched alkanes of at least 4 members (excludes halogenated alkanes) is 26. The van der Waals surface area contributed by atoms with Gasteiger partial charge < -0.3 is 14.2 Å². The molecule has 0 aliphatic heterocycles. The number of esters is 3. The Morgan fingerprint density at radius 3 is 1.00 bits per heavy atom. The number of rotatable bonds is 49. The van der Waals surface area contributed by atoms with E-state index in [1.54, 1.807) is 0 Å². The van der Waals surface area contributed by atoms with Gasteiger partial charge in [-0.2, -0.15) is 0 Å². The SMILES string of the molecule is CC/C=C\C/C=C\C/C=C\C/C=C\CCCCCCCCC(=O)OCC(COC(=O)CCCCCCC/C=C\CCCC)OC(=O)CCCCCCCCC/C=C\CCCCCCCC. The van der Waals surface area contributed by atoms with E-state index in [1.807, 2.05) is 0 Å². The van der Waals surface area contributed by atoms with Crippen molar-refractivity contribution >= 4 is 17.9 Å². The smallest absolute Gasteiger partial charge is 0.306 e. The van der Waals surface area contributed by atoms with Crippen molar-refractivity contribution in [2.75, 3.05) is 13.2 Å². The summed E-state index contributed by atoms with van der Waals surface area (Å²) in [7, 11) is 0. The van der Waals surface area contributed by atoms with E-state index in [0.29, 0.717) is 19.3 Å². The average Bonchev–Trinajstić information content (AvgIpc) is 3.30. The summed E-state index contributed by atoms with van der Waals surface area (Å²) in [5.74, 6) is -0.909. The van der Waals surface area contributed by atoms with Gasteiger partial charge in [-0.1, -0.05) is 216 Å². The Balaban J connectivity index is 4.38. The van der Waals surface area contributed by atoms with Crippen molar-refractivity contribution in [1.82, 2.24) is 0 Å². The van der Waals surface area contributed by atoms with Gasteiger partial charge in [-0.3, -0.25) is 14.4 Å². The van der Waals surface area contributed by atoms with E-state index in [2.05, 4.69) is 93.7 Å². The van der Waals surface area contributed by atoms with Crippen LogP contribution in [0.1, 0.15) is 265 Å². The minimum absolute atomic E-state index is 0.0859. The quantitative estimate of drug-likeness (QED) is 0.0262. The Hall–Kier alpha value is -3.15. The minimum atomic E-state index is -0.786. The largest absolute Gasteiger partial charge is 0.462 e. The summed E-state index contributed by atoms with van der Waals surface area (Å²) >= 11 is 0. The molecule has 0 saturated carbocycles. The second-order valence-corrected chi connectivity index (χ2v) is 18.1. The zero-order valence-electron chi connectivity index (χ0n) is 42.7. The first-order chi connectivity index (χ1) is 32.0. The zero-order valence-corrected chi connectivity index (χ0v) is 42.7. The third kappa shape index (κ3) is 51.7. The van der Waals surface area contributed by atoms with Crippen LogP contribution in [0.4, 0.5) is 0 Å². The zero-order chi connectivity index (χ0) is 47.2. The maximum atomic E-state index is 12.8. The molecule has 374 valence electrons. The summed E-state index contributed by atoms with van der Waals surface area (Å²) in [6, 6.07) is 0. The molecule has 0 N–H and O–H groups in total. The van der Waals surface area contributed by atoms with Crippen molar-refractivity contribution in [3.63, 3.8) is 0 Å². The molecule has 0 heterocycles.